The van der Waals surface area contributed by atoms with Gasteiger partial charge >= 0.3 is 0 Å². The van der Waals surface area contributed by atoms with Crippen LogP contribution in [0.25, 0.3) is 0 Å². The Morgan fingerprint density at radius 2 is 2.22 bits per heavy atom. The Labute approximate surface area is 109 Å². The molecule has 0 spiro atoms. The third-order valence-electron chi connectivity index (χ3n) is 3.84. The van der Waals surface area contributed by atoms with Crippen molar-refractivity contribution in [1.29, 1.82) is 0 Å². The number of aryl methyl sites for hydroxylation is 2. The summed E-state index contributed by atoms with van der Waals surface area (Å²) in [6.07, 6.45) is 0.651. The molecule has 2 rings (SSSR count). The van der Waals surface area contributed by atoms with E-state index in [1.807, 2.05) is 13.8 Å². The van der Waals surface area contributed by atoms with Crippen LogP contribution in [0, 0.1) is 19.8 Å². The number of piperidine rings is 1. The molecule has 3 N–H and O–H groups in total. The molecule has 1 saturated heterocycles. The molecule has 0 amide bonds. The van der Waals surface area contributed by atoms with Crippen LogP contribution in [0.15, 0.2) is 6.07 Å². The SMILES string of the molecule is Cc1cc(N2CCC(O)C(C)C2)c(CN)c(C)n1. The van der Waals surface area contributed by atoms with E-state index in [4.69, 9.17) is 5.73 Å². The van der Waals surface area contributed by atoms with E-state index in [1.165, 1.54) is 5.69 Å². The Morgan fingerprint density at radius 1 is 1.50 bits per heavy atom. The summed E-state index contributed by atoms with van der Waals surface area (Å²) >= 11 is 0. The van der Waals surface area contributed by atoms with Gasteiger partial charge in [-0.25, -0.2) is 0 Å². The highest BCUT2D eigenvalue weighted by Crippen LogP contribution is 2.28. The highest BCUT2D eigenvalue weighted by atomic mass is 16.3. The van der Waals surface area contributed by atoms with Crippen LogP contribution in [-0.4, -0.2) is 29.3 Å². The van der Waals surface area contributed by atoms with E-state index in [0.29, 0.717) is 12.5 Å². The highest BCUT2D eigenvalue weighted by molar-refractivity contribution is 5.56. The van der Waals surface area contributed by atoms with Crippen LogP contribution in [-0.2, 0) is 6.54 Å². The topological polar surface area (TPSA) is 62.4 Å². The van der Waals surface area contributed by atoms with Crippen molar-refractivity contribution in [2.75, 3.05) is 18.0 Å². The molecule has 18 heavy (non-hydrogen) atoms. The average molecular weight is 249 g/mol. The maximum absolute atomic E-state index is 9.81. The van der Waals surface area contributed by atoms with Gasteiger partial charge in [-0.15, -0.1) is 0 Å². The second-order valence-corrected chi connectivity index (χ2v) is 5.33. The van der Waals surface area contributed by atoms with Gasteiger partial charge in [0.2, 0.25) is 0 Å². The van der Waals surface area contributed by atoms with Gasteiger partial charge in [-0.2, -0.15) is 0 Å². The van der Waals surface area contributed by atoms with Crippen molar-refractivity contribution in [3.05, 3.63) is 23.0 Å². The minimum Gasteiger partial charge on any atom is -0.393 e. The van der Waals surface area contributed by atoms with Gasteiger partial charge in [-0.1, -0.05) is 6.92 Å². The fourth-order valence-electron chi connectivity index (χ4n) is 2.72. The lowest BCUT2D eigenvalue weighted by Crippen LogP contribution is -2.42. The summed E-state index contributed by atoms with van der Waals surface area (Å²) in [6, 6.07) is 2.11. The quantitative estimate of drug-likeness (QED) is 0.831. The Bertz CT molecular complexity index is 433. The Morgan fingerprint density at radius 3 is 2.83 bits per heavy atom. The summed E-state index contributed by atoms with van der Waals surface area (Å²) in [5.74, 6) is 0.304. The van der Waals surface area contributed by atoms with Crippen molar-refractivity contribution in [3.63, 3.8) is 0 Å². The number of anilines is 1. The van der Waals surface area contributed by atoms with Gasteiger partial charge in [0.05, 0.1) is 6.10 Å². The van der Waals surface area contributed by atoms with Crippen LogP contribution in [0.3, 0.4) is 0 Å². The highest BCUT2D eigenvalue weighted by Gasteiger charge is 2.26. The molecule has 2 unspecified atom stereocenters. The third-order valence-corrected chi connectivity index (χ3v) is 3.84. The molecule has 0 aromatic carbocycles. The van der Waals surface area contributed by atoms with Crippen molar-refractivity contribution in [2.45, 2.75) is 39.8 Å². The molecule has 4 nitrogen and oxygen atoms in total. The first-order chi connectivity index (χ1) is 8.52. The molecule has 0 radical (unpaired) electrons. The van der Waals surface area contributed by atoms with Crippen LogP contribution in [0.2, 0.25) is 0 Å². The molecule has 4 heteroatoms. The van der Waals surface area contributed by atoms with Crippen LogP contribution < -0.4 is 10.6 Å². The van der Waals surface area contributed by atoms with Gasteiger partial charge in [0, 0.05) is 42.3 Å². The van der Waals surface area contributed by atoms with Crippen molar-refractivity contribution < 1.29 is 5.11 Å². The van der Waals surface area contributed by atoms with Gasteiger partial charge in [-0.3, -0.25) is 4.98 Å². The molecule has 100 valence electrons. The molecule has 0 aliphatic carbocycles. The van der Waals surface area contributed by atoms with Crippen molar-refractivity contribution in [3.8, 4) is 0 Å². The van der Waals surface area contributed by atoms with Gasteiger partial charge < -0.3 is 15.7 Å². The van der Waals surface area contributed by atoms with E-state index in [9.17, 15) is 5.11 Å². The predicted molar refractivity (Wildman–Crippen MR) is 73.6 cm³/mol. The smallest absolute Gasteiger partial charge is 0.0599 e. The number of hydrogen-bond donors (Lipinski definition) is 2. The van der Waals surface area contributed by atoms with Crippen molar-refractivity contribution >= 4 is 5.69 Å². The fraction of sp³-hybridized carbons (Fsp3) is 0.643. The number of rotatable bonds is 2. The van der Waals surface area contributed by atoms with Gasteiger partial charge in [0.15, 0.2) is 0 Å². The van der Waals surface area contributed by atoms with Crippen molar-refractivity contribution in [2.24, 2.45) is 11.7 Å². The minimum atomic E-state index is -0.174. The molecular formula is C14H23N3O. The number of aliphatic hydroxyl groups is 1. The van der Waals surface area contributed by atoms with E-state index in [2.05, 4.69) is 22.9 Å². The van der Waals surface area contributed by atoms with Gasteiger partial charge in [-0.05, 0) is 32.3 Å². The van der Waals surface area contributed by atoms with Crippen LogP contribution in [0.4, 0.5) is 5.69 Å². The zero-order chi connectivity index (χ0) is 13.3. The average Bonchev–Trinajstić information content (AvgIpc) is 2.32. The minimum absolute atomic E-state index is 0.174. The molecule has 1 aromatic heterocycles. The van der Waals surface area contributed by atoms with E-state index >= 15 is 0 Å². The maximum Gasteiger partial charge on any atom is 0.0599 e. The lowest BCUT2D eigenvalue weighted by atomic mass is 9.95. The molecule has 0 saturated carbocycles. The van der Waals surface area contributed by atoms with E-state index in [1.54, 1.807) is 0 Å². The first kappa shape index (κ1) is 13.3. The molecule has 2 atom stereocenters. The van der Waals surface area contributed by atoms with Crippen LogP contribution in [0.5, 0.6) is 0 Å². The summed E-state index contributed by atoms with van der Waals surface area (Å²) in [4.78, 5) is 6.81. The first-order valence-electron chi connectivity index (χ1n) is 6.63. The fourth-order valence-corrected chi connectivity index (χ4v) is 2.72. The lowest BCUT2D eigenvalue weighted by molar-refractivity contribution is 0.0970. The van der Waals surface area contributed by atoms with Gasteiger partial charge in [0.1, 0.15) is 0 Å². The maximum atomic E-state index is 9.81. The number of nitrogens with two attached hydrogens (primary N) is 1. The second kappa shape index (κ2) is 5.24. The molecule has 1 aromatic rings. The molecule has 1 aliphatic rings. The number of nitrogens with zero attached hydrogens (tertiary/aromatic N) is 2. The number of pyridine rings is 1. The molecule has 1 aliphatic heterocycles. The molecule has 2 heterocycles. The predicted octanol–water partition coefficient (Wildman–Crippen LogP) is 1.36. The summed E-state index contributed by atoms with van der Waals surface area (Å²) in [6.45, 7) is 8.42. The van der Waals surface area contributed by atoms with Crippen LogP contribution in [0.1, 0.15) is 30.3 Å². The Kier molecular flexibility index (Phi) is 3.88. The zero-order valence-electron chi connectivity index (χ0n) is 11.5. The number of hydrogen-bond acceptors (Lipinski definition) is 4. The van der Waals surface area contributed by atoms with E-state index in [0.717, 1.165) is 36.5 Å². The second-order valence-electron chi connectivity index (χ2n) is 5.33. The summed E-state index contributed by atoms with van der Waals surface area (Å²) in [5, 5.41) is 9.81. The Hall–Kier alpha value is -1.13. The molecular weight excluding hydrogens is 226 g/mol. The van der Waals surface area contributed by atoms with Crippen LogP contribution >= 0.6 is 0 Å². The monoisotopic (exact) mass is 249 g/mol. The number of aliphatic hydroxyl groups excluding tert-OH is 1. The third kappa shape index (κ3) is 2.49. The molecule has 1 fully saturated rings. The summed E-state index contributed by atoms with van der Waals surface area (Å²) in [5.41, 5.74) is 10.2. The number of aromatic nitrogens is 1. The standard InChI is InChI=1S/C14H23N3O/c1-9-8-17(5-4-14(9)18)13-6-10(2)16-11(3)12(13)7-15/h6,9,14,18H,4-5,7-8,15H2,1-3H3. The Balaban J connectivity index is 2.33. The lowest BCUT2D eigenvalue weighted by Gasteiger charge is -2.37. The zero-order valence-corrected chi connectivity index (χ0v) is 11.5. The normalized spacial score (nSPS) is 24.4. The van der Waals surface area contributed by atoms with E-state index in [-0.39, 0.29) is 6.10 Å². The van der Waals surface area contributed by atoms with Crippen molar-refractivity contribution in [1.82, 2.24) is 4.98 Å². The van der Waals surface area contributed by atoms with Gasteiger partial charge in [0.25, 0.3) is 0 Å². The molecule has 0 bridgehead atoms. The summed E-state index contributed by atoms with van der Waals surface area (Å²) < 4.78 is 0. The summed E-state index contributed by atoms with van der Waals surface area (Å²) in [7, 11) is 0. The largest absolute Gasteiger partial charge is 0.393 e. The first-order valence-corrected chi connectivity index (χ1v) is 6.63. The van der Waals surface area contributed by atoms with E-state index < -0.39 is 0 Å².